The number of alkyl halides is 3. The highest BCUT2D eigenvalue weighted by Crippen LogP contribution is 2.30. The maximum Gasteiger partial charge on any atom is 0.416 e. The Labute approximate surface area is 138 Å². The molecule has 0 aliphatic rings. The van der Waals surface area contributed by atoms with Gasteiger partial charge in [0.05, 0.1) is 5.56 Å². The number of aryl methyl sites for hydroxylation is 2. The minimum Gasteiger partial charge on any atom is -0.483 e. The summed E-state index contributed by atoms with van der Waals surface area (Å²) in [5, 5.41) is 2.51. The smallest absolute Gasteiger partial charge is 0.416 e. The topological polar surface area (TPSA) is 38.3 Å². The lowest BCUT2D eigenvalue weighted by Crippen LogP contribution is -2.21. The van der Waals surface area contributed by atoms with Crippen molar-refractivity contribution in [1.82, 2.24) is 0 Å². The molecule has 2 rings (SSSR count). The monoisotopic (exact) mass is 337 g/mol. The van der Waals surface area contributed by atoms with E-state index in [1.54, 1.807) is 0 Å². The van der Waals surface area contributed by atoms with E-state index < -0.39 is 17.6 Å². The maximum atomic E-state index is 12.5. The van der Waals surface area contributed by atoms with E-state index in [1.165, 1.54) is 12.1 Å². The predicted molar refractivity (Wildman–Crippen MR) is 86.2 cm³/mol. The van der Waals surface area contributed by atoms with Gasteiger partial charge in [-0.2, -0.15) is 13.2 Å². The van der Waals surface area contributed by atoms with Crippen molar-refractivity contribution in [2.45, 2.75) is 26.9 Å². The standard InChI is InChI=1S/C18H18F3NO2/c1-11-4-5-12(2)17(13(11)3)24-10-16(23)22-15-8-6-14(7-9-15)18(19,20)21/h4-9H,10H2,1-3H3,(H,22,23). The van der Waals surface area contributed by atoms with Crippen LogP contribution in [0.4, 0.5) is 18.9 Å². The number of amides is 1. The van der Waals surface area contributed by atoms with Gasteiger partial charge in [-0.05, 0) is 61.7 Å². The number of carbonyl (C=O) groups is 1. The van der Waals surface area contributed by atoms with E-state index in [4.69, 9.17) is 4.74 Å². The summed E-state index contributed by atoms with van der Waals surface area (Å²) < 4.78 is 43.0. The summed E-state index contributed by atoms with van der Waals surface area (Å²) in [5.74, 6) is 0.215. The van der Waals surface area contributed by atoms with Crippen LogP contribution in [0.5, 0.6) is 5.75 Å². The number of hydrogen-bond donors (Lipinski definition) is 1. The maximum absolute atomic E-state index is 12.5. The second-order valence-corrected chi connectivity index (χ2v) is 5.57. The molecule has 1 amide bonds. The summed E-state index contributed by atoms with van der Waals surface area (Å²) in [6.45, 7) is 5.52. The second-order valence-electron chi connectivity index (χ2n) is 5.57. The molecule has 0 saturated carbocycles. The van der Waals surface area contributed by atoms with Crippen molar-refractivity contribution < 1.29 is 22.7 Å². The van der Waals surface area contributed by atoms with Gasteiger partial charge >= 0.3 is 6.18 Å². The summed E-state index contributed by atoms with van der Waals surface area (Å²) in [7, 11) is 0. The molecule has 2 aromatic carbocycles. The van der Waals surface area contributed by atoms with Crippen LogP contribution >= 0.6 is 0 Å². The Morgan fingerprint density at radius 3 is 2.17 bits per heavy atom. The molecule has 0 aromatic heterocycles. The SMILES string of the molecule is Cc1ccc(C)c(OCC(=O)Nc2ccc(C(F)(F)F)cc2)c1C. The number of rotatable bonds is 4. The molecule has 0 aliphatic carbocycles. The van der Waals surface area contributed by atoms with Gasteiger partial charge in [-0.1, -0.05) is 12.1 Å². The molecule has 0 saturated heterocycles. The number of carbonyl (C=O) groups excluding carboxylic acids is 1. The third kappa shape index (κ3) is 4.28. The summed E-state index contributed by atoms with van der Waals surface area (Å²) >= 11 is 0. The minimum atomic E-state index is -4.40. The molecule has 0 aliphatic heterocycles. The summed E-state index contributed by atoms with van der Waals surface area (Å²) in [6, 6.07) is 8.15. The lowest BCUT2D eigenvalue weighted by molar-refractivity contribution is -0.137. The molecule has 0 spiro atoms. The molecule has 128 valence electrons. The van der Waals surface area contributed by atoms with Crippen molar-refractivity contribution in [2.24, 2.45) is 0 Å². The van der Waals surface area contributed by atoms with Crippen LogP contribution in [0.25, 0.3) is 0 Å². The van der Waals surface area contributed by atoms with Crippen LogP contribution in [0.15, 0.2) is 36.4 Å². The van der Waals surface area contributed by atoms with Crippen LogP contribution in [0.2, 0.25) is 0 Å². The Hall–Kier alpha value is -2.50. The van der Waals surface area contributed by atoms with E-state index in [2.05, 4.69) is 5.32 Å². The highest BCUT2D eigenvalue weighted by atomic mass is 19.4. The summed E-state index contributed by atoms with van der Waals surface area (Å²) in [6.07, 6.45) is -4.40. The normalized spacial score (nSPS) is 11.2. The lowest BCUT2D eigenvalue weighted by Gasteiger charge is -2.14. The molecular formula is C18H18F3NO2. The molecule has 6 heteroatoms. The number of hydrogen-bond acceptors (Lipinski definition) is 2. The largest absolute Gasteiger partial charge is 0.483 e. The fourth-order valence-electron chi connectivity index (χ4n) is 2.22. The summed E-state index contributed by atoms with van der Waals surface area (Å²) in [4.78, 5) is 11.9. The van der Waals surface area contributed by atoms with E-state index in [1.807, 2.05) is 32.9 Å². The Kier molecular flexibility index (Phi) is 5.17. The first-order chi connectivity index (χ1) is 11.2. The van der Waals surface area contributed by atoms with Gasteiger partial charge in [-0.3, -0.25) is 4.79 Å². The zero-order valence-electron chi connectivity index (χ0n) is 13.6. The van der Waals surface area contributed by atoms with Gasteiger partial charge in [-0.25, -0.2) is 0 Å². The van der Waals surface area contributed by atoms with Crippen LogP contribution in [0.3, 0.4) is 0 Å². The van der Waals surface area contributed by atoms with Gasteiger partial charge < -0.3 is 10.1 Å². The average Bonchev–Trinajstić information content (AvgIpc) is 2.51. The van der Waals surface area contributed by atoms with Crippen molar-refractivity contribution >= 4 is 11.6 Å². The second kappa shape index (κ2) is 6.95. The zero-order chi connectivity index (χ0) is 17.9. The first-order valence-electron chi connectivity index (χ1n) is 7.35. The fourth-order valence-corrected chi connectivity index (χ4v) is 2.22. The Morgan fingerprint density at radius 2 is 1.58 bits per heavy atom. The van der Waals surface area contributed by atoms with Gasteiger partial charge in [0.15, 0.2) is 6.61 Å². The molecule has 0 fully saturated rings. The number of anilines is 1. The lowest BCUT2D eigenvalue weighted by atomic mass is 10.1. The van der Waals surface area contributed by atoms with Crippen molar-refractivity contribution in [3.8, 4) is 5.75 Å². The van der Waals surface area contributed by atoms with E-state index in [0.717, 1.165) is 28.8 Å². The third-order valence-electron chi connectivity index (χ3n) is 3.72. The molecule has 0 radical (unpaired) electrons. The molecule has 2 aromatic rings. The highest BCUT2D eigenvalue weighted by molar-refractivity contribution is 5.91. The molecule has 0 bridgehead atoms. The van der Waals surface area contributed by atoms with Crippen molar-refractivity contribution in [2.75, 3.05) is 11.9 Å². The van der Waals surface area contributed by atoms with Gasteiger partial charge in [-0.15, -0.1) is 0 Å². The van der Waals surface area contributed by atoms with Gasteiger partial charge in [0, 0.05) is 5.69 Å². The average molecular weight is 337 g/mol. The van der Waals surface area contributed by atoms with E-state index >= 15 is 0 Å². The Bertz CT molecular complexity index is 737. The molecule has 1 N–H and O–H groups in total. The highest BCUT2D eigenvalue weighted by Gasteiger charge is 2.29. The number of benzene rings is 2. The molecule has 24 heavy (non-hydrogen) atoms. The number of halogens is 3. The summed E-state index contributed by atoms with van der Waals surface area (Å²) in [5.41, 5.74) is 2.45. The van der Waals surface area contributed by atoms with Crippen LogP contribution in [-0.4, -0.2) is 12.5 Å². The quantitative estimate of drug-likeness (QED) is 0.882. The fraction of sp³-hybridized carbons (Fsp3) is 0.278. The van der Waals surface area contributed by atoms with Gasteiger partial charge in [0.2, 0.25) is 0 Å². The molecular weight excluding hydrogens is 319 g/mol. The van der Waals surface area contributed by atoms with Crippen molar-refractivity contribution in [3.05, 3.63) is 58.7 Å². The zero-order valence-corrected chi connectivity index (χ0v) is 13.6. The van der Waals surface area contributed by atoms with Gasteiger partial charge in [0.1, 0.15) is 5.75 Å². The van der Waals surface area contributed by atoms with E-state index in [-0.39, 0.29) is 12.3 Å². The van der Waals surface area contributed by atoms with Crippen LogP contribution in [0.1, 0.15) is 22.3 Å². The number of nitrogens with one attached hydrogen (secondary N) is 1. The minimum absolute atomic E-state index is 0.216. The predicted octanol–water partition coefficient (Wildman–Crippen LogP) is 4.65. The van der Waals surface area contributed by atoms with E-state index in [9.17, 15) is 18.0 Å². The van der Waals surface area contributed by atoms with Crippen molar-refractivity contribution in [1.29, 1.82) is 0 Å². The molecule has 0 heterocycles. The van der Waals surface area contributed by atoms with Gasteiger partial charge in [0.25, 0.3) is 5.91 Å². The number of ether oxygens (including phenoxy) is 1. The van der Waals surface area contributed by atoms with Crippen LogP contribution < -0.4 is 10.1 Å². The Morgan fingerprint density at radius 1 is 1.00 bits per heavy atom. The molecule has 3 nitrogen and oxygen atoms in total. The molecule has 0 unspecified atom stereocenters. The Balaban J connectivity index is 1.98. The first-order valence-corrected chi connectivity index (χ1v) is 7.35. The van der Waals surface area contributed by atoms with Crippen LogP contribution in [-0.2, 0) is 11.0 Å². The third-order valence-corrected chi connectivity index (χ3v) is 3.72. The van der Waals surface area contributed by atoms with Crippen molar-refractivity contribution in [3.63, 3.8) is 0 Å². The van der Waals surface area contributed by atoms with Crippen LogP contribution in [0, 0.1) is 20.8 Å². The van der Waals surface area contributed by atoms with E-state index in [0.29, 0.717) is 5.75 Å². The first kappa shape index (κ1) is 17.8. The molecule has 0 atom stereocenters.